The molecule has 238 valence electrons. The van der Waals surface area contributed by atoms with Crippen LogP contribution in [0.1, 0.15) is 0 Å². The van der Waals surface area contributed by atoms with Gasteiger partial charge in [-0.3, -0.25) is 0 Å². The zero-order valence-corrected chi connectivity index (χ0v) is 28.3. The molecule has 0 fully saturated rings. The molecule has 51 heavy (non-hydrogen) atoms. The Hall–Kier alpha value is -6.42. The van der Waals surface area contributed by atoms with Crippen molar-refractivity contribution >= 4 is 75.3 Å². The van der Waals surface area contributed by atoms with Gasteiger partial charge < -0.3 is 8.98 Å². The van der Waals surface area contributed by atoms with Gasteiger partial charge in [0, 0.05) is 47.4 Å². The van der Waals surface area contributed by atoms with Crippen molar-refractivity contribution in [2.45, 2.75) is 0 Å². The van der Waals surface area contributed by atoms with E-state index in [4.69, 9.17) is 4.42 Å². The number of hydrogen-bond donors (Lipinski definition) is 0. The van der Waals surface area contributed by atoms with Crippen molar-refractivity contribution in [3.05, 3.63) is 176 Å². The first kappa shape index (κ1) is 28.4. The highest BCUT2D eigenvalue weighted by atomic mass is 32.1. The quantitative estimate of drug-likeness (QED) is 0.183. The predicted molar refractivity (Wildman–Crippen MR) is 217 cm³/mol. The maximum Gasteiger partial charge on any atom is 0.136 e. The van der Waals surface area contributed by atoms with Gasteiger partial charge in [0.2, 0.25) is 0 Å². The number of benzene rings is 8. The molecule has 0 radical (unpaired) electrons. The molecule has 11 rings (SSSR count). The standard InChI is InChI=1S/C48H29NOS/c1-3-11-30(12-4-1)32-21-24-42-40(28-32)41-29-33(31-13-5-2-6-14-31)22-25-43(41)49(42)35-16-9-15-34(27-35)36-18-10-19-37-38-23-26-45-46(48(38)51-47(36)37)39-17-7-8-20-44(39)50-45/h1-29H. The molecule has 0 aliphatic carbocycles. The lowest BCUT2D eigenvalue weighted by Crippen LogP contribution is -1.94. The van der Waals surface area contributed by atoms with E-state index in [0.717, 1.165) is 16.9 Å². The van der Waals surface area contributed by atoms with Crippen LogP contribution in [0.2, 0.25) is 0 Å². The number of thiophene rings is 1. The number of fused-ring (bicyclic) bond motifs is 10. The third kappa shape index (κ3) is 4.35. The molecule has 2 nitrogen and oxygen atoms in total. The summed E-state index contributed by atoms with van der Waals surface area (Å²) >= 11 is 1.87. The molecule has 11 aromatic rings. The summed E-state index contributed by atoms with van der Waals surface area (Å²) in [6.45, 7) is 0. The van der Waals surface area contributed by atoms with E-state index in [-0.39, 0.29) is 0 Å². The van der Waals surface area contributed by atoms with Gasteiger partial charge in [-0.05, 0) is 88.0 Å². The fourth-order valence-electron chi connectivity index (χ4n) is 8.03. The number of rotatable bonds is 4. The van der Waals surface area contributed by atoms with E-state index in [0.29, 0.717) is 0 Å². The van der Waals surface area contributed by atoms with Crippen molar-refractivity contribution in [2.24, 2.45) is 0 Å². The van der Waals surface area contributed by atoms with Crippen molar-refractivity contribution in [3.8, 4) is 39.1 Å². The number of aromatic nitrogens is 1. The van der Waals surface area contributed by atoms with Crippen LogP contribution in [-0.2, 0) is 0 Å². The lowest BCUT2D eigenvalue weighted by molar-refractivity contribution is 0.669. The van der Waals surface area contributed by atoms with Gasteiger partial charge in [-0.15, -0.1) is 11.3 Å². The number of para-hydroxylation sites is 1. The van der Waals surface area contributed by atoms with Crippen LogP contribution in [0.15, 0.2) is 180 Å². The molecule has 0 spiro atoms. The summed E-state index contributed by atoms with van der Waals surface area (Å²) in [5.41, 5.74) is 12.7. The Balaban J connectivity index is 1.13. The molecule has 3 aromatic heterocycles. The number of nitrogens with zero attached hydrogens (tertiary/aromatic N) is 1. The van der Waals surface area contributed by atoms with Crippen molar-refractivity contribution in [3.63, 3.8) is 0 Å². The molecule has 0 unspecified atom stereocenters. The van der Waals surface area contributed by atoms with Crippen molar-refractivity contribution < 1.29 is 4.42 Å². The zero-order valence-electron chi connectivity index (χ0n) is 27.5. The lowest BCUT2D eigenvalue weighted by atomic mass is 10.0. The van der Waals surface area contributed by atoms with E-state index in [9.17, 15) is 0 Å². The van der Waals surface area contributed by atoms with Crippen LogP contribution in [0.5, 0.6) is 0 Å². The minimum absolute atomic E-state index is 0.934. The van der Waals surface area contributed by atoms with Gasteiger partial charge in [-0.1, -0.05) is 121 Å². The minimum atomic E-state index is 0.934. The third-order valence-corrected chi connectivity index (χ3v) is 11.7. The molecular weight excluding hydrogens is 639 g/mol. The summed E-state index contributed by atoms with van der Waals surface area (Å²) < 4.78 is 11.3. The SMILES string of the molecule is c1ccc(-c2ccc3c(c2)c2cc(-c4ccccc4)ccc2n3-c2cccc(-c3cccc4c3sc3c4ccc4oc5ccccc5c43)c2)cc1. The van der Waals surface area contributed by atoms with E-state index in [1.54, 1.807) is 0 Å². The minimum Gasteiger partial charge on any atom is -0.456 e. The summed E-state index contributed by atoms with van der Waals surface area (Å²) in [6.07, 6.45) is 0. The molecule has 0 aliphatic rings. The molecule has 3 heterocycles. The summed E-state index contributed by atoms with van der Waals surface area (Å²) in [7, 11) is 0. The molecule has 0 saturated heterocycles. The van der Waals surface area contributed by atoms with E-state index >= 15 is 0 Å². The first-order chi connectivity index (χ1) is 25.3. The van der Waals surface area contributed by atoms with Gasteiger partial charge in [0.25, 0.3) is 0 Å². The topological polar surface area (TPSA) is 18.1 Å². The number of furan rings is 1. The first-order valence-electron chi connectivity index (χ1n) is 17.3. The molecule has 8 aromatic carbocycles. The molecule has 3 heteroatoms. The van der Waals surface area contributed by atoms with Crippen LogP contribution < -0.4 is 0 Å². The summed E-state index contributed by atoms with van der Waals surface area (Å²) in [5, 5.41) is 7.43. The van der Waals surface area contributed by atoms with E-state index < -0.39 is 0 Å². The largest absolute Gasteiger partial charge is 0.456 e. The van der Waals surface area contributed by atoms with Crippen LogP contribution >= 0.6 is 11.3 Å². The fraction of sp³-hybridized carbons (Fsp3) is 0. The molecule has 0 aliphatic heterocycles. The summed E-state index contributed by atoms with van der Waals surface area (Å²) in [5.74, 6) is 0. The second kappa shape index (κ2) is 11.0. The van der Waals surface area contributed by atoms with Gasteiger partial charge >= 0.3 is 0 Å². The van der Waals surface area contributed by atoms with E-state index in [2.05, 4.69) is 174 Å². The lowest BCUT2D eigenvalue weighted by Gasteiger charge is -2.11. The van der Waals surface area contributed by atoms with Gasteiger partial charge in [-0.25, -0.2) is 0 Å². The van der Waals surface area contributed by atoms with Crippen LogP contribution in [0.4, 0.5) is 0 Å². The Morgan fingerprint density at radius 1 is 0.373 bits per heavy atom. The van der Waals surface area contributed by atoms with Crippen molar-refractivity contribution in [1.29, 1.82) is 0 Å². The van der Waals surface area contributed by atoms with Crippen LogP contribution in [-0.4, -0.2) is 4.57 Å². The van der Waals surface area contributed by atoms with Gasteiger partial charge in [0.15, 0.2) is 0 Å². The van der Waals surface area contributed by atoms with E-state index in [1.165, 1.54) is 86.1 Å². The maximum atomic E-state index is 6.27. The number of hydrogen-bond acceptors (Lipinski definition) is 2. The highest BCUT2D eigenvalue weighted by molar-refractivity contribution is 7.27. The second-order valence-electron chi connectivity index (χ2n) is 13.3. The third-order valence-electron chi connectivity index (χ3n) is 10.4. The summed E-state index contributed by atoms with van der Waals surface area (Å²) in [4.78, 5) is 0. The van der Waals surface area contributed by atoms with Crippen LogP contribution in [0, 0.1) is 0 Å². The Morgan fingerprint density at radius 3 is 1.71 bits per heavy atom. The monoisotopic (exact) mass is 667 g/mol. The highest BCUT2D eigenvalue weighted by Crippen LogP contribution is 2.46. The Bertz CT molecular complexity index is 3030. The van der Waals surface area contributed by atoms with Crippen molar-refractivity contribution in [2.75, 3.05) is 0 Å². The molecule has 0 bridgehead atoms. The Kier molecular flexibility index (Phi) is 6.16. The fourth-order valence-corrected chi connectivity index (χ4v) is 9.41. The normalized spacial score (nSPS) is 11.9. The Morgan fingerprint density at radius 2 is 0.980 bits per heavy atom. The smallest absolute Gasteiger partial charge is 0.136 e. The zero-order chi connectivity index (χ0) is 33.5. The highest BCUT2D eigenvalue weighted by Gasteiger charge is 2.18. The predicted octanol–water partition coefficient (Wildman–Crippen LogP) is 14.1. The Labute approximate surface area is 298 Å². The van der Waals surface area contributed by atoms with Crippen LogP contribution in [0.25, 0.3) is 103 Å². The first-order valence-corrected chi connectivity index (χ1v) is 18.2. The molecule has 0 amide bonds. The molecule has 0 N–H and O–H groups in total. The molecule has 0 saturated carbocycles. The van der Waals surface area contributed by atoms with Gasteiger partial charge in [0.05, 0.1) is 11.0 Å². The maximum absolute atomic E-state index is 6.27. The van der Waals surface area contributed by atoms with E-state index in [1.807, 2.05) is 17.4 Å². The summed E-state index contributed by atoms with van der Waals surface area (Å²) in [6, 6.07) is 63.7. The average molecular weight is 668 g/mol. The average Bonchev–Trinajstić information content (AvgIpc) is 3.87. The van der Waals surface area contributed by atoms with Crippen LogP contribution in [0.3, 0.4) is 0 Å². The van der Waals surface area contributed by atoms with Gasteiger partial charge in [0.1, 0.15) is 11.2 Å². The van der Waals surface area contributed by atoms with Crippen molar-refractivity contribution in [1.82, 2.24) is 4.57 Å². The molecular formula is C48H29NOS. The second-order valence-corrected chi connectivity index (χ2v) is 14.3. The van der Waals surface area contributed by atoms with Gasteiger partial charge in [-0.2, -0.15) is 0 Å². The molecule has 0 atom stereocenters.